The van der Waals surface area contributed by atoms with Gasteiger partial charge in [-0.25, -0.2) is 9.78 Å². The van der Waals surface area contributed by atoms with Crippen LogP contribution in [-0.2, 0) is 0 Å². The van der Waals surface area contributed by atoms with E-state index in [1.807, 2.05) is 61.5 Å². The van der Waals surface area contributed by atoms with Crippen molar-refractivity contribution in [2.24, 2.45) is 5.92 Å². The number of benzene rings is 1. The molecule has 1 aromatic carbocycles. The molecule has 30 heavy (non-hydrogen) atoms. The van der Waals surface area contributed by atoms with Gasteiger partial charge in [0.2, 0.25) is 0 Å². The largest absolute Gasteiger partial charge is 0.388 e. The van der Waals surface area contributed by atoms with Crippen molar-refractivity contribution in [3.05, 3.63) is 54.2 Å². The zero-order chi connectivity index (χ0) is 21.3. The van der Waals surface area contributed by atoms with Crippen molar-refractivity contribution in [2.45, 2.75) is 25.4 Å². The lowest BCUT2D eigenvalue weighted by atomic mass is 9.95. The smallest absolute Gasteiger partial charge is 0.319 e. The number of hydrogen-bond donors (Lipinski definition) is 3. The summed E-state index contributed by atoms with van der Waals surface area (Å²) in [5, 5.41) is 16.5. The number of nitrogens with one attached hydrogen (secondary N) is 2. The van der Waals surface area contributed by atoms with E-state index in [1.54, 1.807) is 6.20 Å². The van der Waals surface area contributed by atoms with E-state index in [1.165, 1.54) is 19.3 Å². The Morgan fingerprint density at radius 3 is 2.50 bits per heavy atom. The predicted molar refractivity (Wildman–Crippen MR) is 121 cm³/mol. The molecule has 2 heterocycles. The summed E-state index contributed by atoms with van der Waals surface area (Å²) in [6.45, 7) is 3.09. The van der Waals surface area contributed by atoms with E-state index in [-0.39, 0.29) is 11.9 Å². The molecule has 3 N–H and O–H groups in total. The molecular formula is C23H33N5O2. The third kappa shape index (κ3) is 6.43. The van der Waals surface area contributed by atoms with Crippen LogP contribution in [0.2, 0.25) is 0 Å². The number of anilines is 2. The Morgan fingerprint density at radius 2 is 1.87 bits per heavy atom. The minimum absolute atomic E-state index is 0.132. The molecule has 0 spiro atoms. The molecule has 3 rings (SSSR count). The maximum atomic E-state index is 12.4. The molecule has 2 atom stereocenters. The van der Waals surface area contributed by atoms with Crippen LogP contribution in [0.15, 0.2) is 48.7 Å². The lowest BCUT2D eigenvalue weighted by molar-refractivity contribution is 0.0911. The quantitative estimate of drug-likeness (QED) is 0.622. The van der Waals surface area contributed by atoms with E-state index >= 15 is 0 Å². The van der Waals surface area contributed by atoms with Gasteiger partial charge in [-0.3, -0.25) is 0 Å². The van der Waals surface area contributed by atoms with Gasteiger partial charge in [-0.05, 0) is 51.1 Å². The van der Waals surface area contributed by atoms with Gasteiger partial charge in [-0.15, -0.1) is 0 Å². The van der Waals surface area contributed by atoms with Crippen LogP contribution >= 0.6 is 0 Å². The highest BCUT2D eigenvalue weighted by atomic mass is 16.3. The number of hydrogen-bond acceptors (Lipinski definition) is 5. The Bertz CT molecular complexity index is 776. The minimum atomic E-state index is -0.653. The van der Waals surface area contributed by atoms with E-state index in [2.05, 4.69) is 20.5 Å². The summed E-state index contributed by atoms with van der Waals surface area (Å²) in [7, 11) is 3.92. The molecule has 2 unspecified atom stereocenters. The van der Waals surface area contributed by atoms with Gasteiger partial charge in [-0.1, -0.05) is 30.3 Å². The summed E-state index contributed by atoms with van der Waals surface area (Å²) in [5.74, 6) is 0.824. The standard InChI is InChI=1S/C23H33N5O2/c1-27(2)17-19(22(29)18-9-5-3-6-10-18)15-25-23(30)26-20-11-12-21(24-16-20)28-13-7-4-8-14-28/h3,5-6,9-12,16,19,22,29H,4,7-8,13-15,17H2,1-2H3,(H2,25,26,30). The van der Waals surface area contributed by atoms with Crippen LogP contribution in [0.25, 0.3) is 0 Å². The Hall–Kier alpha value is -2.64. The van der Waals surface area contributed by atoms with E-state index in [9.17, 15) is 9.90 Å². The molecular weight excluding hydrogens is 378 g/mol. The highest BCUT2D eigenvalue weighted by Crippen LogP contribution is 2.22. The number of rotatable bonds is 8. The van der Waals surface area contributed by atoms with Crippen molar-refractivity contribution in [1.29, 1.82) is 0 Å². The molecule has 1 aliphatic heterocycles. The molecule has 1 saturated heterocycles. The van der Waals surface area contributed by atoms with Crippen molar-refractivity contribution < 1.29 is 9.90 Å². The number of urea groups is 1. The summed E-state index contributed by atoms with van der Waals surface area (Å²) in [6, 6.07) is 13.1. The number of aliphatic hydroxyl groups excluding tert-OH is 1. The molecule has 162 valence electrons. The predicted octanol–water partition coefficient (Wildman–Crippen LogP) is 3.10. The van der Waals surface area contributed by atoms with Gasteiger partial charge in [0.05, 0.1) is 18.0 Å². The summed E-state index contributed by atoms with van der Waals surface area (Å²) >= 11 is 0. The van der Waals surface area contributed by atoms with Crippen LogP contribution < -0.4 is 15.5 Å². The van der Waals surface area contributed by atoms with Gasteiger partial charge in [0.1, 0.15) is 5.82 Å². The number of aromatic nitrogens is 1. The monoisotopic (exact) mass is 411 g/mol. The first-order valence-corrected chi connectivity index (χ1v) is 10.7. The Kier molecular flexibility index (Phi) is 8.04. The first-order chi connectivity index (χ1) is 14.5. The fraction of sp³-hybridized carbons (Fsp3) is 0.478. The molecule has 1 aliphatic rings. The number of carbonyl (C=O) groups excluding carboxylic acids is 1. The van der Waals surface area contributed by atoms with Gasteiger partial charge in [-0.2, -0.15) is 0 Å². The third-order valence-electron chi connectivity index (χ3n) is 5.40. The van der Waals surface area contributed by atoms with Crippen LogP contribution in [-0.4, -0.2) is 61.3 Å². The van der Waals surface area contributed by atoms with Crippen LogP contribution in [0.5, 0.6) is 0 Å². The molecule has 1 aromatic heterocycles. The molecule has 0 saturated carbocycles. The molecule has 1 fully saturated rings. The molecule has 0 bridgehead atoms. The SMILES string of the molecule is CN(C)CC(CNC(=O)Nc1ccc(N2CCCCC2)nc1)C(O)c1ccccc1. The highest BCUT2D eigenvalue weighted by Gasteiger charge is 2.22. The van der Waals surface area contributed by atoms with Crippen LogP contribution in [0.1, 0.15) is 30.9 Å². The topological polar surface area (TPSA) is 80.7 Å². The first kappa shape index (κ1) is 22.1. The van der Waals surface area contributed by atoms with Gasteiger partial charge < -0.3 is 25.5 Å². The normalized spacial score (nSPS) is 16.2. The molecule has 2 amide bonds. The Labute approximate surface area is 179 Å². The van der Waals surface area contributed by atoms with Gasteiger partial charge in [0, 0.05) is 32.1 Å². The second-order valence-corrected chi connectivity index (χ2v) is 8.17. The molecule has 7 nitrogen and oxygen atoms in total. The van der Waals surface area contributed by atoms with Crippen molar-refractivity contribution >= 4 is 17.5 Å². The third-order valence-corrected chi connectivity index (χ3v) is 5.40. The van der Waals surface area contributed by atoms with Gasteiger partial charge in [0.25, 0.3) is 0 Å². The number of carbonyl (C=O) groups is 1. The van der Waals surface area contributed by atoms with E-state index in [4.69, 9.17) is 0 Å². The molecule has 0 aliphatic carbocycles. The zero-order valence-electron chi connectivity index (χ0n) is 17.9. The second-order valence-electron chi connectivity index (χ2n) is 8.17. The summed E-state index contributed by atoms with van der Waals surface area (Å²) in [6.07, 6.45) is 4.73. The highest BCUT2D eigenvalue weighted by molar-refractivity contribution is 5.89. The average molecular weight is 412 g/mol. The lowest BCUT2D eigenvalue weighted by Crippen LogP contribution is -2.39. The van der Waals surface area contributed by atoms with Crippen molar-refractivity contribution in [2.75, 3.05) is 50.5 Å². The second kappa shape index (κ2) is 10.9. The maximum absolute atomic E-state index is 12.4. The van der Waals surface area contributed by atoms with Gasteiger partial charge >= 0.3 is 6.03 Å². The minimum Gasteiger partial charge on any atom is -0.388 e. The average Bonchev–Trinajstić information content (AvgIpc) is 2.77. The number of aliphatic hydroxyl groups is 1. The maximum Gasteiger partial charge on any atom is 0.319 e. The van der Waals surface area contributed by atoms with Crippen molar-refractivity contribution in [3.63, 3.8) is 0 Å². The molecule has 2 aromatic rings. The van der Waals surface area contributed by atoms with Crippen LogP contribution in [0.4, 0.5) is 16.3 Å². The Balaban J connectivity index is 1.53. The van der Waals surface area contributed by atoms with Crippen LogP contribution in [0, 0.1) is 5.92 Å². The summed E-state index contributed by atoms with van der Waals surface area (Å²) < 4.78 is 0. The summed E-state index contributed by atoms with van der Waals surface area (Å²) in [5.41, 5.74) is 1.50. The van der Waals surface area contributed by atoms with Crippen LogP contribution in [0.3, 0.4) is 0 Å². The zero-order valence-corrected chi connectivity index (χ0v) is 17.9. The Morgan fingerprint density at radius 1 is 1.13 bits per heavy atom. The summed E-state index contributed by atoms with van der Waals surface area (Å²) in [4.78, 5) is 21.2. The first-order valence-electron chi connectivity index (χ1n) is 10.7. The fourth-order valence-electron chi connectivity index (χ4n) is 3.84. The molecule has 7 heteroatoms. The molecule has 0 radical (unpaired) electrons. The van der Waals surface area contributed by atoms with Crippen molar-refractivity contribution in [3.8, 4) is 0 Å². The van der Waals surface area contributed by atoms with Crippen molar-refractivity contribution in [1.82, 2.24) is 15.2 Å². The lowest BCUT2D eigenvalue weighted by Gasteiger charge is -2.27. The van der Waals surface area contributed by atoms with E-state index < -0.39 is 6.10 Å². The number of amides is 2. The fourth-order valence-corrected chi connectivity index (χ4v) is 3.84. The van der Waals surface area contributed by atoms with Gasteiger partial charge in [0.15, 0.2) is 0 Å². The van der Waals surface area contributed by atoms with E-state index in [0.717, 1.165) is 24.5 Å². The number of pyridine rings is 1. The van der Waals surface area contributed by atoms with E-state index in [0.29, 0.717) is 18.8 Å². The number of piperidine rings is 1. The number of nitrogens with zero attached hydrogens (tertiary/aromatic N) is 3.